The summed E-state index contributed by atoms with van der Waals surface area (Å²) in [5.41, 5.74) is 2.45. The highest BCUT2D eigenvalue weighted by atomic mass is 19.1. The third kappa shape index (κ3) is 3.33. The topological polar surface area (TPSA) is 0 Å². The van der Waals surface area contributed by atoms with E-state index in [0.29, 0.717) is 0 Å². The molecule has 0 aliphatic heterocycles. The van der Waals surface area contributed by atoms with Crippen LogP contribution < -0.4 is 0 Å². The lowest BCUT2D eigenvalue weighted by molar-refractivity contribution is 0.626. The minimum absolute atomic E-state index is 0.144. The smallest absolute Gasteiger partial charge is 0.123 e. The van der Waals surface area contributed by atoms with Crippen molar-refractivity contribution in [3.8, 4) is 0 Å². The average Bonchev–Trinajstić information content (AvgIpc) is 2.17. The zero-order valence-electron chi connectivity index (χ0n) is 8.89. The number of halogens is 1. The monoisotopic (exact) mass is 192 g/mol. The lowest BCUT2D eigenvalue weighted by atomic mass is 10.0. The van der Waals surface area contributed by atoms with Gasteiger partial charge in [0, 0.05) is 0 Å². The van der Waals surface area contributed by atoms with Crippen molar-refractivity contribution in [1.29, 1.82) is 0 Å². The van der Waals surface area contributed by atoms with Crippen molar-refractivity contribution < 1.29 is 4.39 Å². The summed E-state index contributed by atoms with van der Waals surface area (Å²) in [7, 11) is 0. The lowest BCUT2D eigenvalue weighted by Crippen LogP contribution is -1.90. The molecule has 0 amide bonds. The third-order valence-corrected chi connectivity index (χ3v) is 2.27. The molecule has 0 unspecified atom stereocenters. The summed E-state index contributed by atoms with van der Waals surface area (Å²) in [6, 6.07) is 6.84. The summed E-state index contributed by atoms with van der Waals surface area (Å²) in [5.74, 6) is -0.144. The van der Waals surface area contributed by atoms with Crippen LogP contribution in [-0.4, -0.2) is 0 Å². The molecule has 0 spiro atoms. The van der Waals surface area contributed by atoms with E-state index < -0.39 is 0 Å². The Balaban J connectivity index is 2.72. The number of benzene rings is 1. The maximum atomic E-state index is 12.9. The molecule has 0 radical (unpaired) electrons. The third-order valence-electron chi connectivity index (χ3n) is 2.27. The van der Waals surface area contributed by atoms with Crippen molar-refractivity contribution in [3.05, 3.63) is 47.3 Å². The first-order valence-corrected chi connectivity index (χ1v) is 5.18. The summed E-state index contributed by atoms with van der Waals surface area (Å²) >= 11 is 0. The molecule has 0 nitrogen and oxygen atoms in total. The first-order valence-electron chi connectivity index (χ1n) is 5.18. The molecule has 0 aliphatic carbocycles. The van der Waals surface area contributed by atoms with Crippen LogP contribution >= 0.6 is 0 Å². The molecular formula is C13H17F. The van der Waals surface area contributed by atoms with Crippen LogP contribution in [-0.2, 0) is 6.42 Å². The van der Waals surface area contributed by atoms with Gasteiger partial charge in [0.15, 0.2) is 0 Å². The van der Waals surface area contributed by atoms with Gasteiger partial charge in [0.05, 0.1) is 0 Å². The van der Waals surface area contributed by atoms with Crippen LogP contribution in [0.1, 0.15) is 32.3 Å². The second-order valence-corrected chi connectivity index (χ2v) is 3.43. The van der Waals surface area contributed by atoms with Gasteiger partial charge in [-0.3, -0.25) is 0 Å². The van der Waals surface area contributed by atoms with Crippen LogP contribution in [0.15, 0.2) is 35.9 Å². The fourth-order valence-electron chi connectivity index (χ4n) is 1.54. The van der Waals surface area contributed by atoms with E-state index in [1.165, 1.54) is 11.6 Å². The molecule has 0 atom stereocenters. The van der Waals surface area contributed by atoms with Crippen LogP contribution in [0.2, 0.25) is 0 Å². The van der Waals surface area contributed by atoms with E-state index in [1.54, 1.807) is 12.1 Å². The Morgan fingerprint density at radius 1 is 1.36 bits per heavy atom. The van der Waals surface area contributed by atoms with Crippen LogP contribution in [0, 0.1) is 5.82 Å². The summed E-state index contributed by atoms with van der Waals surface area (Å²) < 4.78 is 12.9. The second kappa shape index (κ2) is 5.58. The minimum Gasteiger partial charge on any atom is -0.207 e. The molecule has 1 heteroatoms. The maximum absolute atomic E-state index is 12.9. The van der Waals surface area contributed by atoms with Crippen molar-refractivity contribution in [2.75, 3.05) is 0 Å². The van der Waals surface area contributed by atoms with E-state index in [1.807, 2.05) is 6.07 Å². The van der Waals surface area contributed by atoms with Gasteiger partial charge in [-0.05, 0) is 37.0 Å². The molecule has 14 heavy (non-hydrogen) atoms. The molecule has 1 aromatic carbocycles. The van der Waals surface area contributed by atoms with Crippen LogP contribution in [0.5, 0.6) is 0 Å². The molecule has 1 aromatic rings. The first-order chi connectivity index (χ1) is 6.76. The van der Waals surface area contributed by atoms with Crippen LogP contribution in [0.25, 0.3) is 0 Å². The van der Waals surface area contributed by atoms with Gasteiger partial charge in [0.25, 0.3) is 0 Å². The van der Waals surface area contributed by atoms with Crippen molar-refractivity contribution in [1.82, 2.24) is 0 Å². The summed E-state index contributed by atoms with van der Waals surface area (Å²) in [4.78, 5) is 0. The minimum atomic E-state index is -0.144. The van der Waals surface area contributed by atoms with Gasteiger partial charge in [-0.1, -0.05) is 37.6 Å². The number of hydrogen-bond acceptors (Lipinski definition) is 0. The van der Waals surface area contributed by atoms with E-state index in [9.17, 15) is 4.39 Å². The van der Waals surface area contributed by atoms with Gasteiger partial charge in [-0.15, -0.1) is 0 Å². The quantitative estimate of drug-likeness (QED) is 0.630. The molecule has 0 aromatic heterocycles. The highest BCUT2D eigenvalue weighted by Gasteiger charge is 1.98. The van der Waals surface area contributed by atoms with Gasteiger partial charge >= 0.3 is 0 Å². The Hall–Kier alpha value is -1.11. The summed E-state index contributed by atoms with van der Waals surface area (Å²) in [6.45, 7) is 4.27. The maximum Gasteiger partial charge on any atom is 0.123 e. The van der Waals surface area contributed by atoms with E-state index in [4.69, 9.17) is 0 Å². The Labute approximate surface area is 85.5 Å². The molecule has 0 N–H and O–H groups in total. The highest BCUT2D eigenvalue weighted by Crippen LogP contribution is 2.12. The molecule has 0 aliphatic rings. The molecule has 0 fully saturated rings. The SMILES string of the molecule is CC/C=C(\CC)Cc1cccc(F)c1. The average molecular weight is 192 g/mol. The zero-order chi connectivity index (χ0) is 10.4. The Kier molecular flexibility index (Phi) is 4.37. The largest absolute Gasteiger partial charge is 0.207 e. The Morgan fingerprint density at radius 2 is 2.14 bits per heavy atom. The van der Waals surface area contributed by atoms with Crippen molar-refractivity contribution in [2.45, 2.75) is 33.1 Å². The lowest BCUT2D eigenvalue weighted by Gasteiger charge is -2.04. The van der Waals surface area contributed by atoms with E-state index in [0.717, 1.165) is 24.8 Å². The fraction of sp³-hybridized carbons (Fsp3) is 0.385. The zero-order valence-corrected chi connectivity index (χ0v) is 8.89. The Bertz CT molecular complexity index is 313. The number of rotatable bonds is 4. The predicted octanol–water partition coefficient (Wildman–Crippen LogP) is 4.11. The summed E-state index contributed by atoms with van der Waals surface area (Å²) in [6.07, 6.45) is 5.20. The van der Waals surface area contributed by atoms with Crippen molar-refractivity contribution in [3.63, 3.8) is 0 Å². The van der Waals surface area contributed by atoms with E-state index in [2.05, 4.69) is 19.9 Å². The molecule has 0 bridgehead atoms. The molecular weight excluding hydrogens is 175 g/mol. The first kappa shape index (κ1) is 11.0. The van der Waals surface area contributed by atoms with Gasteiger partial charge in [-0.2, -0.15) is 0 Å². The summed E-state index contributed by atoms with van der Waals surface area (Å²) in [5, 5.41) is 0. The Morgan fingerprint density at radius 3 is 2.71 bits per heavy atom. The van der Waals surface area contributed by atoms with Crippen LogP contribution in [0.4, 0.5) is 4.39 Å². The van der Waals surface area contributed by atoms with Crippen molar-refractivity contribution in [2.24, 2.45) is 0 Å². The number of allylic oxidation sites excluding steroid dienone is 2. The molecule has 0 heterocycles. The second-order valence-electron chi connectivity index (χ2n) is 3.43. The molecule has 0 saturated heterocycles. The van der Waals surface area contributed by atoms with Gasteiger partial charge in [0.1, 0.15) is 5.82 Å². The van der Waals surface area contributed by atoms with Crippen LogP contribution in [0.3, 0.4) is 0 Å². The molecule has 1 rings (SSSR count). The van der Waals surface area contributed by atoms with Gasteiger partial charge < -0.3 is 0 Å². The standard InChI is InChI=1S/C13H17F/c1-3-6-11(4-2)9-12-7-5-8-13(14)10-12/h5-8,10H,3-4,9H2,1-2H3/b11-6+. The normalized spacial score (nSPS) is 11.8. The van der Waals surface area contributed by atoms with Gasteiger partial charge in [-0.25, -0.2) is 4.39 Å². The van der Waals surface area contributed by atoms with Gasteiger partial charge in [0.2, 0.25) is 0 Å². The molecule has 0 saturated carbocycles. The fourth-order valence-corrected chi connectivity index (χ4v) is 1.54. The number of hydrogen-bond donors (Lipinski definition) is 0. The predicted molar refractivity (Wildman–Crippen MR) is 58.8 cm³/mol. The highest BCUT2D eigenvalue weighted by molar-refractivity contribution is 5.22. The van der Waals surface area contributed by atoms with E-state index in [-0.39, 0.29) is 5.82 Å². The van der Waals surface area contributed by atoms with E-state index >= 15 is 0 Å². The van der Waals surface area contributed by atoms with Crippen molar-refractivity contribution >= 4 is 0 Å². The molecule has 76 valence electrons.